The summed E-state index contributed by atoms with van der Waals surface area (Å²) in [7, 11) is 0. The van der Waals surface area contributed by atoms with Crippen molar-refractivity contribution in [3.05, 3.63) is 42.2 Å². The van der Waals surface area contributed by atoms with E-state index in [0.29, 0.717) is 5.92 Å². The normalized spacial score (nSPS) is 18.5. The Morgan fingerprint density at radius 3 is 2.70 bits per heavy atom. The summed E-state index contributed by atoms with van der Waals surface area (Å²) in [5, 5.41) is 9.18. The zero-order chi connectivity index (χ0) is 13.9. The van der Waals surface area contributed by atoms with Gasteiger partial charge in [0, 0.05) is 43.6 Å². The first kappa shape index (κ1) is 13.1. The molecule has 4 heteroatoms. The summed E-state index contributed by atoms with van der Waals surface area (Å²) < 4.78 is 0. The van der Waals surface area contributed by atoms with E-state index in [1.807, 2.05) is 18.5 Å². The van der Waals surface area contributed by atoms with Gasteiger partial charge in [0.15, 0.2) is 0 Å². The molecule has 1 atom stereocenters. The summed E-state index contributed by atoms with van der Waals surface area (Å²) >= 11 is 0. The van der Waals surface area contributed by atoms with Gasteiger partial charge in [-0.2, -0.15) is 0 Å². The molecule has 2 heterocycles. The molecule has 4 nitrogen and oxygen atoms in total. The smallest absolute Gasteiger partial charge is 0.225 e. The van der Waals surface area contributed by atoms with Gasteiger partial charge in [0.2, 0.25) is 5.95 Å². The van der Waals surface area contributed by atoms with E-state index < -0.39 is 0 Å². The maximum Gasteiger partial charge on any atom is 0.225 e. The van der Waals surface area contributed by atoms with Crippen LogP contribution in [0.2, 0.25) is 0 Å². The summed E-state index contributed by atoms with van der Waals surface area (Å²) in [5.41, 5.74) is 3.42. The predicted octanol–water partition coefficient (Wildman–Crippen LogP) is 2.27. The Hall–Kier alpha value is -1.94. The Balaban J connectivity index is 1.78. The van der Waals surface area contributed by atoms with Crippen molar-refractivity contribution in [2.75, 3.05) is 24.6 Å². The van der Waals surface area contributed by atoms with Gasteiger partial charge in [0.1, 0.15) is 0 Å². The Labute approximate surface area is 119 Å². The summed E-state index contributed by atoms with van der Waals surface area (Å²) in [5.74, 6) is 1.12. The summed E-state index contributed by atoms with van der Waals surface area (Å²) in [6, 6.07) is 8.34. The van der Waals surface area contributed by atoms with Crippen LogP contribution in [0.1, 0.15) is 12.0 Å². The van der Waals surface area contributed by atoms with Crippen molar-refractivity contribution in [1.82, 2.24) is 9.97 Å². The van der Waals surface area contributed by atoms with Crippen molar-refractivity contribution >= 4 is 5.95 Å². The zero-order valence-corrected chi connectivity index (χ0v) is 11.7. The molecule has 3 rings (SSSR count). The minimum Gasteiger partial charge on any atom is -0.396 e. The highest BCUT2D eigenvalue weighted by atomic mass is 16.3. The molecule has 0 bridgehead atoms. The predicted molar refractivity (Wildman–Crippen MR) is 79.6 cm³/mol. The van der Waals surface area contributed by atoms with Crippen LogP contribution in [0.25, 0.3) is 11.1 Å². The van der Waals surface area contributed by atoms with Crippen LogP contribution in [0, 0.1) is 12.8 Å². The molecule has 0 aliphatic carbocycles. The summed E-state index contributed by atoms with van der Waals surface area (Å²) in [6.45, 7) is 4.10. The molecule has 1 aliphatic heterocycles. The van der Waals surface area contributed by atoms with Crippen LogP contribution < -0.4 is 4.90 Å². The summed E-state index contributed by atoms with van der Waals surface area (Å²) in [6.07, 6.45) is 4.77. The van der Waals surface area contributed by atoms with E-state index in [-0.39, 0.29) is 6.61 Å². The van der Waals surface area contributed by atoms with Crippen molar-refractivity contribution in [3.8, 4) is 11.1 Å². The van der Waals surface area contributed by atoms with Gasteiger partial charge in [-0.3, -0.25) is 0 Å². The number of aromatic nitrogens is 2. The number of aliphatic hydroxyl groups is 1. The van der Waals surface area contributed by atoms with E-state index in [0.717, 1.165) is 36.6 Å². The second kappa shape index (κ2) is 5.59. The zero-order valence-electron chi connectivity index (χ0n) is 11.7. The third-order valence-corrected chi connectivity index (χ3v) is 3.82. The molecule has 1 aliphatic rings. The minimum absolute atomic E-state index is 0.248. The minimum atomic E-state index is 0.248. The average molecular weight is 269 g/mol. The largest absolute Gasteiger partial charge is 0.396 e. The van der Waals surface area contributed by atoms with Crippen LogP contribution >= 0.6 is 0 Å². The lowest BCUT2D eigenvalue weighted by Crippen LogP contribution is -2.22. The number of benzene rings is 1. The summed E-state index contributed by atoms with van der Waals surface area (Å²) in [4.78, 5) is 11.1. The van der Waals surface area contributed by atoms with Crippen molar-refractivity contribution in [3.63, 3.8) is 0 Å². The Morgan fingerprint density at radius 1 is 1.25 bits per heavy atom. The third kappa shape index (κ3) is 2.65. The highest BCUT2D eigenvalue weighted by Gasteiger charge is 2.23. The second-order valence-electron chi connectivity index (χ2n) is 5.42. The second-order valence-corrected chi connectivity index (χ2v) is 5.42. The van der Waals surface area contributed by atoms with Crippen LogP contribution in [0.3, 0.4) is 0 Å². The van der Waals surface area contributed by atoms with E-state index in [1.54, 1.807) is 0 Å². The fourth-order valence-electron chi connectivity index (χ4n) is 2.62. The molecule has 0 amide bonds. The van der Waals surface area contributed by atoms with Gasteiger partial charge < -0.3 is 10.0 Å². The van der Waals surface area contributed by atoms with Gasteiger partial charge >= 0.3 is 0 Å². The number of aryl methyl sites for hydroxylation is 1. The molecule has 1 N–H and O–H groups in total. The van der Waals surface area contributed by atoms with Crippen LogP contribution in [0.15, 0.2) is 36.7 Å². The number of rotatable bonds is 3. The van der Waals surface area contributed by atoms with Crippen LogP contribution in [0.5, 0.6) is 0 Å². The van der Waals surface area contributed by atoms with Gasteiger partial charge in [-0.25, -0.2) is 9.97 Å². The van der Waals surface area contributed by atoms with E-state index in [9.17, 15) is 5.11 Å². The lowest BCUT2D eigenvalue weighted by atomic mass is 10.1. The lowest BCUT2D eigenvalue weighted by molar-refractivity contribution is 0.238. The third-order valence-electron chi connectivity index (χ3n) is 3.82. The average Bonchev–Trinajstić information content (AvgIpc) is 2.96. The molecule has 104 valence electrons. The van der Waals surface area contributed by atoms with Gasteiger partial charge in [-0.1, -0.05) is 29.8 Å². The molecule has 0 radical (unpaired) electrons. The van der Waals surface area contributed by atoms with E-state index in [1.165, 1.54) is 5.56 Å². The molecular weight excluding hydrogens is 250 g/mol. The molecule has 1 aromatic heterocycles. The van der Waals surface area contributed by atoms with E-state index in [2.05, 4.69) is 40.0 Å². The molecule has 1 fully saturated rings. The quantitative estimate of drug-likeness (QED) is 0.928. The fraction of sp³-hybridized carbons (Fsp3) is 0.375. The monoisotopic (exact) mass is 269 g/mol. The number of hydrogen-bond donors (Lipinski definition) is 1. The van der Waals surface area contributed by atoms with Crippen LogP contribution in [0.4, 0.5) is 5.95 Å². The molecule has 20 heavy (non-hydrogen) atoms. The first-order chi connectivity index (χ1) is 9.76. The molecule has 2 aromatic rings. The molecule has 0 spiro atoms. The number of hydrogen-bond acceptors (Lipinski definition) is 4. The fourth-order valence-corrected chi connectivity index (χ4v) is 2.62. The maximum atomic E-state index is 9.18. The number of nitrogens with zero attached hydrogens (tertiary/aromatic N) is 3. The Morgan fingerprint density at radius 2 is 2.05 bits per heavy atom. The number of anilines is 1. The molecule has 1 saturated heterocycles. The van der Waals surface area contributed by atoms with Crippen molar-refractivity contribution < 1.29 is 5.11 Å². The van der Waals surface area contributed by atoms with Gasteiger partial charge in [-0.05, 0) is 18.9 Å². The lowest BCUT2D eigenvalue weighted by Gasteiger charge is -2.15. The molecule has 1 aromatic carbocycles. The Kier molecular flexibility index (Phi) is 3.65. The molecular formula is C16H19N3O. The maximum absolute atomic E-state index is 9.18. The number of aliphatic hydroxyl groups excluding tert-OH is 1. The van der Waals surface area contributed by atoms with Crippen molar-refractivity contribution in [2.24, 2.45) is 5.92 Å². The SMILES string of the molecule is Cc1cccc(-c2cnc(N3CCC(CO)C3)nc2)c1. The first-order valence-electron chi connectivity index (χ1n) is 7.01. The first-order valence-corrected chi connectivity index (χ1v) is 7.01. The highest BCUT2D eigenvalue weighted by molar-refractivity contribution is 5.62. The molecule has 0 saturated carbocycles. The Bertz CT molecular complexity index is 583. The molecule has 1 unspecified atom stereocenters. The van der Waals surface area contributed by atoms with Crippen molar-refractivity contribution in [2.45, 2.75) is 13.3 Å². The van der Waals surface area contributed by atoms with Crippen molar-refractivity contribution in [1.29, 1.82) is 0 Å². The van der Waals surface area contributed by atoms with Crippen LogP contribution in [-0.4, -0.2) is 34.8 Å². The van der Waals surface area contributed by atoms with Gasteiger partial charge in [0.25, 0.3) is 0 Å². The van der Waals surface area contributed by atoms with Gasteiger partial charge in [-0.15, -0.1) is 0 Å². The topological polar surface area (TPSA) is 49.2 Å². The van der Waals surface area contributed by atoms with Crippen LogP contribution in [-0.2, 0) is 0 Å². The van der Waals surface area contributed by atoms with E-state index in [4.69, 9.17) is 0 Å². The van der Waals surface area contributed by atoms with E-state index >= 15 is 0 Å². The van der Waals surface area contributed by atoms with Gasteiger partial charge in [0.05, 0.1) is 0 Å². The highest BCUT2D eigenvalue weighted by Crippen LogP contribution is 2.23. The standard InChI is InChI=1S/C16H19N3O/c1-12-3-2-4-14(7-12)15-8-17-16(18-9-15)19-6-5-13(10-19)11-20/h2-4,7-9,13,20H,5-6,10-11H2,1H3.